The van der Waals surface area contributed by atoms with Gasteiger partial charge >= 0.3 is 0 Å². The Hall–Kier alpha value is -1.20. The Morgan fingerprint density at radius 2 is 1.70 bits per heavy atom. The molecule has 110 valence electrons. The molecule has 0 radical (unpaired) electrons. The van der Waals surface area contributed by atoms with Gasteiger partial charge in [-0.2, -0.15) is 0 Å². The van der Waals surface area contributed by atoms with Crippen LogP contribution in [0.3, 0.4) is 0 Å². The Kier molecular flexibility index (Phi) is 4.17. The van der Waals surface area contributed by atoms with Gasteiger partial charge in [-0.3, -0.25) is 14.5 Å². The third kappa shape index (κ3) is 2.65. The van der Waals surface area contributed by atoms with Gasteiger partial charge in [-0.25, -0.2) is 0 Å². The number of ether oxygens (including phenoxy) is 1. The summed E-state index contributed by atoms with van der Waals surface area (Å²) in [4.78, 5) is 25.9. The molecule has 2 atom stereocenters. The van der Waals surface area contributed by atoms with Crippen LogP contribution in [-0.4, -0.2) is 49.1 Å². The van der Waals surface area contributed by atoms with Crippen LogP contribution in [-0.2, 0) is 14.3 Å². The molecular formula is C15H22N2O3. The van der Waals surface area contributed by atoms with Gasteiger partial charge in [0, 0.05) is 0 Å². The molecule has 3 rings (SSSR count). The van der Waals surface area contributed by atoms with Crippen molar-refractivity contribution in [1.29, 1.82) is 0 Å². The quantitative estimate of drug-likeness (QED) is 0.608. The Morgan fingerprint density at radius 3 is 2.30 bits per heavy atom. The molecule has 2 fully saturated rings. The topological polar surface area (TPSA) is 58.6 Å². The number of piperidine rings is 1. The second-order valence-corrected chi connectivity index (χ2v) is 5.80. The maximum absolute atomic E-state index is 12.2. The van der Waals surface area contributed by atoms with Crippen LogP contribution in [0.2, 0.25) is 0 Å². The number of carbonyl (C=O) groups excluding carboxylic acids is 2. The van der Waals surface area contributed by atoms with E-state index < -0.39 is 0 Å². The van der Waals surface area contributed by atoms with Crippen molar-refractivity contribution in [3.63, 3.8) is 0 Å². The van der Waals surface area contributed by atoms with Gasteiger partial charge in [0.15, 0.2) is 0 Å². The molecule has 2 saturated heterocycles. The van der Waals surface area contributed by atoms with Gasteiger partial charge in [0.05, 0.1) is 31.1 Å². The van der Waals surface area contributed by atoms with Crippen LogP contribution < -0.4 is 5.32 Å². The van der Waals surface area contributed by atoms with Crippen LogP contribution in [0, 0.1) is 11.8 Å². The van der Waals surface area contributed by atoms with Crippen LogP contribution in [0.1, 0.15) is 25.7 Å². The number of allylic oxidation sites excluding steroid dienone is 2. The van der Waals surface area contributed by atoms with E-state index in [9.17, 15) is 9.59 Å². The molecule has 2 amide bonds. The number of rotatable bonds is 4. The molecule has 20 heavy (non-hydrogen) atoms. The first-order valence-electron chi connectivity index (χ1n) is 7.60. The highest BCUT2D eigenvalue weighted by atomic mass is 16.5. The lowest BCUT2D eigenvalue weighted by Crippen LogP contribution is -2.37. The minimum Gasteiger partial charge on any atom is -0.376 e. The smallest absolute Gasteiger partial charge is 0.233 e. The lowest BCUT2D eigenvalue weighted by Gasteiger charge is -2.24. The fourth-order valence-electron chi connectivity index (χ4n) is 3.36. The minimum absolute atomic E-state index is 0.00161. The normalized spacial score (nSPS) is 30.9. The standard InChI is InChI=1S/C15H22N2O3/c18-14-12-3-1-2-4-13(12)15(19)17(14)9-10-20-11-5-7-16-8-6-11/h1-2,11-13,16H,3-10H2. The molecule has 0 spiro atoms. The summed E-state index contributed by atoms with van der Waals surface area (Å²) in [6.45, 7) is 2.85. The van der Waals surface area contributed by atoms with Gasteiger partial charge < -0.3 is 10.1 Å². The molecule has 5 nitrogen and oxygen atoms in total. The lowest BCUT2D eigenvalue weighted by atomic mass is 9.85. The fraction of sp³-hybridized carbons (Fsp3) is 0.733. The molecule has 2 unspecified atom stereocenters. The number of nitrogens with zero attached hydrogens (tertiary/aromatic N) is 1. The number of nitrogens with one attached hydrogen (secondary N) is 1. The van der Waals surface area contributed by atoms with E-state index in [1.165, 1.54) is 4.90 Å². The predicted molar refractivity (Wildman–Crippen MR) is 73.9 cm³/mol. The van der Waals surface area contributed by atoms with Crippen molar-refractivity contribution in [2.24, 2.45) is 11.8 Å². The van der Waals surface area contributed by atoms with Crippen molar-refractivity contribution in [1.82, 2.24) is 10.2 Å². The molecule has 0 aromatic heterocycles. The monoisotopic (exact) mass is 278 g/mol. The molecule has 2 heterocycles. The highest BCUT2D eigenvalue weighted by molar-refractivity contribution is 6.05. The summed E-state index contributed by atoms with van der Waals surface area (Å²) in [6, 6.07) is 0. The van der Waals surface area contributed by atoms with Crippen LogP contribution in [0.25, 0.3) is 0 Å². The average Bonchev–Trinajstić information content (AvgIpc) is 2.74. The van der Waals surface area contributed by atoms with E-state index in [2.05, 4.69) is 5.32 Å². The highest BCUT2D eigenvalue weighted by Gasteiger charge is 2.46. The van der Waals surface area contributed by atoms with E-state index in [-0.39, 0.29) is 29.8 Å². The fourth-order valence-corrected chi connectivity index (χ4v) is 3.36. The summed E-state index contributed by atoms with van der Waals surface area (Å²) in [5, 5.41) is 3.29. The summed E-state index contributed by atoms with van der Waals surface area (Å²) in [7, 11) is 0. The summed E-state index contributed by atoms with van der Waals surface area (Å²) in [6.07, 6.45) is 7.74. The second-order valence-electron chi connectivity index (χ2n) is 5.80. The maximum Gasteiger partial charge on any atom is 0.233 e. The van der Waals surface area contributed by atoms with Crippen molar-refractivity contribution < 1.29 is 14.3 Å². The first-order chi connectivity index (χ1) is 9.77. The summed E-state index contributed by atoms with van der Waals surface area (Å²) in [5.74, 6) is -0.241. The summed E-state index contributed by atoms with van der Waals surface area (Å²) < 4.78 is 5.79. The molecule has 3 aliphatic rings. The number of likely N-dealkylation sites (tertiary alicyclic amines) is 1. The predicted octanol–water partition coefficient (Wildman–Crippen LogP) is 0.706. The van der Waals surface area contributed by atoms with E-state index in [0.29, 0.717) is 26.0 Å². The summed E-state index contributed by atoms with van der Waals surface area (Å²) in [5.41, 5.74) is 0. The van der Waals surface area contributed by atoms with E-state index in [0.717, 1.165) is 25.9 Å². The zero-order valence-corrected chi connectivity index (χ0v) is 11.7. The van der Waals surface area contributed by atoms with E-state index >= 15 is 0 Å². The first kappa shape index (κ1) is 13.8. The van der Waals surface area contributed by atoms with Crippen molar-refractivity contribution in [3.05, 3.63) is 12.2 Å². The Labute approximate surface area is 119 Å². The zero-order valence-electron chi connectivity index (χ0n) is 11.7. The molecule has 5 heteroatoms. The molecule has 1 aliphatic carbocycles. The Morgan fingerprint density at radius 1 is 1.10 bits per heavy atom. The number of amides is 2. The SMILES string of the molecule is O=C1C2CC=CCC2C(=O)N1CCOC1CCNCC1. The van der Waals surface area contributed by atoms with Gasteiger partial charge in [0.2, 0.25) is 11.8 Å². The molecule has 0 aromatic carbocycles. The molecule has 0 saturated carbocycles. The van der Waals surface area contributed by atoms with Crippen molar-refractivity contribution >= 4 is 11.8 Å². The molecule has 0 aromatic rings. The largest absolute Gasteiger partial charge is 0.376 e. The number of hydrogen-bond donors (Lipinski definition) is 1. The van der Waals surface area contributed by atoms with Gasteiger partial charge in [-0.05, 0) is 38.8 Å². The van der Waals surface area contributed by atoms with Crippen molar-refractivity contribution in [2.45, 2.75) is 31.8 Å². The Bertz CT molecular complexity index is 389. The average molecular weight is 278 g/mol. The first-order valence-corrected chi connectivity index (χ1v) is 7.60. The number of hydrogen-bond acceptors (Lipinski definition) is 4. The Balaban J connectivity index is 1.50. The van der Waals surface area contributed by atoms with Gasteiger partial charge in [-0.1, -0.05) is 12.2 Å². The minimum atomic E-state index is -0.119. The van der Waals surface area contributed by atoms with Crippen LogP contribution in [0.15, 0.2) is 12.2 Å². The van der Waals surface area contributed by atoms with E-state index in [4.69, 9.17) is 4.74 Å². The van der Waals surface area contributed by atoms with E-state index in [1.54, 1.807) is 0 Å². The van der Waals surface area contributed by atoms with Gasteiger partial charge in [0.1, 0.15) is 0 Å². The van der Waals surface area contributed by atoms with Gasteiger partial charge in [-0.15, -0.1) is 0 Å². The van der Waals surface area contributed by atoms with Crippen LogP contribution >= 0.6 is 0 Å². The third-order valence-corrected chi connectivity index (χ3v) is 4.55. The second kappa shape index (κ2) is 6.06. The van der Waals surface area contributed by atoms with E-state index in [1.807, 2.05) is 12.2 Å². The number of fused-ring (bicyclic) bond motifs is 1. The van der Waals surface area contributed by atoms with Crippen molar-refractivity contribution in [2.75, 3.05) is 26.2 Å². The summed E-state index contributed by atoms with van der Waals surface area (Å²) >= 11 is 0. The van der Waals surface area contributed by atoms with Gasteiger partial charge in [0.25, 0.3) is 0 Å². The molecule has 2 aliphatic heterocycles. The van der Waals surface area contributed by atoms with Crippen molar-refractivity contribution in [3.8, 4) is 0 Å². The zero-order chi connectivity index (χ0) is 13.9. The maximum atomic E-state index is 12.2. The molecule has 1 N–H and O–H groups in total. The highest BCUT2D eigenvalue weighted by Crippen LogP contribution is 2.34. The number of imide groups is 1. The lowest BCUT2D eigenvalue weighted by molar-refractivity contribution is -0.141. The van der Waals surface area contributed by atoms with Crippen LogP contribution in [0.4, 0.5) is 0 Å². The molecular weight excluding hydrogens is 256 g/mol. The number of carbonyl (C=O) groups is 2. The molecule has 0 bridgehead atoms. The third-order valence-electron chi connectivity index (χ3n) is 4.55. The van der Waals surface area contributed by atoms with Crippen LogP contribution in [0.5, 0.6) is 0 Å².